The highest BCUT2D eigenvalue weighted by molar-refractivity contribution is 5.65. The van der Waals surface area contributed by atoms with Gasteiger partial charge in [0.1, 0.15) is 5.82 Å². The molecule has 1 fully saturated rings. The Labute approximate surface area is 150 Å². The van der Waals surface area contributed by atoms with E-state index in [-0.39, 0.29) is 22.6 Å². The van der Waals surface area contributed by atoms with Crippen molar-refractivity contribution in [3.63, 3.8) is 0 Å². The van der Waals surface area contributed by atoms with Crippen LogP contribution in [0.25, 0.3) is 0 Å². The summed E-state index contributed by atoms with van der Waals surface area (Å²) in [6, 6.07) is 6.78. The van der Waals surface area contributed by atoms with Crippen molar-refractivity contribution >= 4 is 6.09 Å². The van der Waals surface area contributed by atoms with E-state index in [0.717, 1.165) is 31.2 Å². The summed E-state index contributed by atoms with van der Waals surface area (Å²) in [4.78, 5) is 13.2. The third-order valence-electron chi connectivity index (χ3n) is 5.90. The van der Waals surface area contributed by atoms with E-state index in [4.69, 9.17) is 5.73 Å². The first-order valence-corrected chi connectivity index (χ1v) is 9.15. The fourth-order valence-corrected chi connectivity index (χ4v) is 4.47. The van der Waals surface area contributed by atoms with Crippen LogP contribution in [0, 0.1) is 16.6 Å². The molecule has 140 valence electrons. The van der Waals surface area contributed by atoms with Gasteiger partial charge in [0.2, 0.25) is 0 Å². The van der Waals surface area contributed by atoms with Gasteiger partial charge in [-0.15, -0.1) is 0 Å². The van der Waals surface area contributed by atoms with Gasteiger partial charge in [0.25, 0.3) is 0 Å². The lowest BCUT2D eigenvalue weighted by Gasteiger charge is -2.55. The number of benzene rings is 1. The maximum atomic E-state index is 13.9. The highest BCUT2D eigenvalue weighted by Crippen LogP contribution is 2.56. The van der Waals surface area contributed by atoms with Gasteiger partial charge >= 0.3 is 6.09 Å². The summed E-state index contributed by atoms with van der Waals surface area (Å²) in [6.45, 7) is 8.15. The number of nitrogens with two attached hydrogens (primary N) is 1. The SMILES string of the molecule is CC(C)(C)[C@@]1(C(CCCN)c2cccc(F)c2)CCCN(C(=O)O)C1. The molecule has 3 N–H and O–H groups in total. The Kier molecular flexibility index (Phi) is 6.09. The zero-order valence-electron chi connectivity index (χ0n) is 15.6. The minimum Gasteiger partial charge on any atom is -0.465 e. The predicted octanol–water partition coefficient (Wildman–Crippen LogP) is 4.45. The molecule has 1 amide bonds. The first-order chi connectivity index (χ1) is 11.7. The summed E-state index contributed by atoms with van der Waals surface area (Å²) in [5.41, 5.74) is 6.36. The van der Waals surface area contributed by atoms with Crippen molar-refractivity contribution in [3.8, 4) is 0 Å². The minimum atomic E-state index is -0.870. The fraction of sp³-hybridized carbons (Fsp3) is 0.650. The van der Waals surface area contributed by atoms with Crippen LogP contribution in [0.2, 0.25) is 0 Å². The quantitative estimate of drug-likeness (QED) is 0.824. The van der Waals surface area contributed by atoms with Crippen LogP contribution in [-0.4, -0.2) is 35.7 Å². The van der Waals surface area contributed by atoms with Crippen molar-refractivity contribution < 1.29 is 14.3 Å². The van der Waals surface area contributed by atoms with Crippen LogP contribution in [0.3, 0.4) is 0 Å². The van der Waals surface area contributed by atoms with Gasteiger partial charge in [-0.05, 0) is 66.7 Å². The lowest BCUT2D eigenvalue weighted by Crippen LogP contribution is -2.54. The average Bonchev–Trinajstić information content (AvgIpc) is 2.54. The van der Waals surface area contributed by atoms with Crippen LogP contribution in [0.4, 0.5) is 9.18 Å². The number of hydrogen-bond acceptors (Lipinski definition) is 2. The second kappa shape index (κ2) is 7.73. The lowest BCUT2D eigenvalue weighted by atomic mass is 9.54. The molecule has 0 bridgehead atoms. The topological polar surface area (TPSA) is 66.6 Å². The van der Waals surface area contributed by atoms with E-state index in [2.05, 4.69) is 20.8 Å². The number of amides is 1. The third kappa shape index (κ3) is 4.14. The molecule has 1 unspecified atom stereocenters. The van der Waals surface area contributed by atoms with Crippen molar-refractivity contribution in [3.05, 3.63) is 35.6 Å². The number of nitrogens with zero attached hydrogens (tertiary/aromatic N) is 1. The normalized spacial score (nSPS) is 22.7. The number of likely N-dealkylation sites (tertiary alicyclic amines) is 1. The largest absolute Gasteiger partial charge is 0.465 e. The first kappa shape index (κ1) is 19.7. The van der Waals surface area contributed by atoms with E-state index in [9.17, 15) is 14.3 Å². The fourth-order valence-electron chi connectivity index (χ4n) is 4.47. The summed E-state index contributed by atoms with van der Waals surface area (Å²) in [5.74, 6) is -0.167. The second-order valence-corrected chi connectivity index (χ2v) is 8.25. The molecule has 25 heavy (non-hydrogen) atoms. The van der Waals surface area contributed by atoms with E-state index in [1.807, 2.05) is 6.07 Å². The molecule has 0 aliphatic carbocycles. The van der Waals surface area contributed by atoms with Crippen molar-refractivity contribution in [1.29, 1.82) is 0 Å². The molecule has 1 aliphatic heterocycles. The van der Waals surface area contributed by atoms with Gasteiger partial charge in [-0.25, -0.2) is 9.18 Å². The molecule has 2 rings (SSSR count). The number of halogens is 1. The zero-order chi connectivity index (χ0) is 18.7. The summed E-state index contributed by atoms with van der Waals surface area (Å²) >= 11 is 0. The maximum Gasteiger partial charge on any atom is 0.407 e. The number of carbonyl (C=O) groups is 1. The molecule has 0 radical (unpaired) electrons. The molecule has 1 heterocycles. The Morgan fingerprint density at radius 2 is 2.16 bits per heavy atom. The van der Waals surface area contributed by atoms with E-state index in [1.54, 1.807) is 12.1 Å². The van der Waals surface area contributed by atoms with Crippen LogP contribution >= 0.6 is 0 Å². The Morgan fingerprint density at radius 3 is 2.72 bits per heavy atom. The summed E-state index contributed by atoms with van der Waals surface area (Å²) < 4.78 is 13.9. The molecule has 0 aromatic heterocycles. The molecule has 4 nitrogen and oxygen atoms in total. The summed E-state index contributed by atoms with van der Waals surface area (Å²) in [5, 5.41) is 9.55. The van der Waals surface area contributed by atoms with E-state index in [0.29, 0.717) is 19.6 Å². The Bertz CT molecular complexity index is 600. The number of rotatable bonds is 5. The molecule has 5 heteroatoms. The number of hydrogen-bond donors (Lipinski definition) is 2. The highest BCUT2D eigenvalue weighted by Gasteiger charge is 2.51. The number of carboxylic acid groups (broad SMARTS) is 1. The molecule has 0 saturated carbocycles. The zero-order valence-corrected chi connectivity index (χ0v) is 15.6. The van der Waals surface area contributed by atoms with Crippen molar-refractivity contribution in [1.82, 2.24) is 4.90 Å². The first-order valence-electron chi connectivity index (χ1n) is 9.15. The molecule has 1 aromatic carbocycles. The van der Waals surface area contributed by atoms with Gasteiger partial charge in [-0.3, -0.25) is 0 Å². The molecule has 1 saturated heterocycles. The van der Waals surface area contributed by atoms with Crippen LogP contribution < -0.4 is 5.73 Å². The average molecular weight is 350 g/mol. The Balaban J connectivity index is 2.52. The van der Waals surface area contributed by atoms with Crippen LogP contribution in [0.5, 0.6) is 0 Å². The predicted molar refractivity (Wildman–Crippen MR) is 98.1 cm³/mol. The maximum absolute atomic E-state index is 13.9. The Morgan fingerprint density at radius 1 is 1.44 bits per heavy atom. The van der Waals surface area contributed by atoms with Crippen molar-refractivity contribution in [2.24, 2.45) is 16.6 Å². The van der Waals surface area contributed by atoms with Crippen LogP contribution in [0.1, 0.15) is 57.9 Å². The summed E-state index contributed by atoms with van der Waals surface area (Å²) in [7, 11) is 0. The molecular weight excluding hydrogens is 319 g/mol. The minimum absolute atomic E-state index is 0.0777. The molecule has 0 spiro atoms. The van der Waals surface area contributed by atoms with Gasteiger partial charge in [0.15, 0.2) is 0 Å². The third-order valence-corrected chi connectivity index (χ3v) is 5.90. The Hall–Kier alpha value is -1.62. The lowest BCUT2D eigenvalue weighted by molar-refractivity contribution is -0.0256. The molecular formula is C20H31FN2O2. The number of piperidine rings is 1. The van der Waals surface area contributed by atoms with E-state index >= 15 is 0 Å². The van der Waals surface area contributed by atoms with Crippen molar-refractivity contribution in [2.45, 2.75) is 52.4 Å². The molecule has 2 atom stereocenters. The van der Waals surface area contributed by atoms with E-state index < -0.39 is 6.09 Å². The van der Waals surface area contributed by atoms with Gasteiger partial charge in [-0.2, -0.15) is 0 Å². The van der Waals surface area contributed by atoms with Crippen LogP contribution in [-0.2, 0) is 0 Å². The monoisotopic (exact) mass is 350 g/mol. The van der Waals surface area contributed by atoms with Gasteiger partial charge in [0.05, 0.1) is 0 Å². The second-order valence-electron chi connectivity index (χ2n) is 8.25. The van der Waals surface area contributed by atoms with Gasteiger partial charge in [-0.1, -0.05) is 32.9 Å². The smallest absolute Gasteiger partial charge is 0.407 e. The molecule has 1 aliphatic rings. The van der Waals surface area contributed by atoms with E-state index in [1.165, 1.54) is 11.0 Å². The standard InChI is InChI=1S/C20H31FN2O2/c1-19(2,3)20(10-6-12-23(14-20)18(24)25)17(9-5-11-22)15-7-4-8-16(21)13-15/h4,7-8,13,17H,5-6,9-12,14,22H2,1-3H3,(H,24,25)/t17?,20-/m0/s1. The van der Waals surface area contributed by atoms with Gasteiger partial charge < -0.3 is 15.7 Å². The highest BCUT2D eigenvalue weighted by atomic mass is 19.1. The van der Waals surface area contributed by atoms with Crippen molar-refractivity contribution in [2.75, 3.05) is 19.6 Å². The molecule has 1 aromatic rings. The van der Waals surface area contributed by atoms with Gasteiger partial charge in [0, 0.05) is 13.1 Å². The summed E-state index contributed by atoms with van der Waals surface area (Å²) in [6.07, 6.45) is 2.58. The van der Waals surface area contributed by atoms with Crippen LogP contribution in [0.15, 0.2) is 24.3 Å².